The van der Waals surface area contributed by atoms with E-state index in [9.17, 15) is 13.6 Å². The normalized spacial score (nSPS) is 12.3. The molecule has 7 heteroatoms. The molecule has 1 atom stereocenters. The van der Waals surface area contributed by atoms with Crippen molar-refractivity contribution in [2.75, 3.05) is 0 Å². The molecule has 3 rings (SSSR count). The molecule has 3 aromatic rings. The third kappa shape index (κ3) is 4.40. The zero-order chi connectivity index (χ0) is 18.7. The minimum atomic E-state index is -0.888. The van der Waals surface area contributed by atoms with Gasteiger partial charge in [0.05, 0.1) is 0 Å². The Morgan fingerprint density at radius 2 is 2.08 bits per heavy atom. The molecule has 0 spiro atoms. The number of hydrogen-bond acceptors (Lipinski definition) is 4. The first-order valence-corrected chi connectivity index (χ1v) is 9.13. The lowest BCUT2D eigenvalue weighted by atomic mass is 10.0. The molecule has 136 valence electrons. The van der Waals surface area contributed by atoms with E-state index in [1.807, 2.05) is 26.0 Å². The molecule has 2 aromatic heterocycles. The quantitative estimate of drug-likeness (QED) is 0.505. The molecule has 0 fully saturated rings. The number of aryl methyl sites for hydroxylation is 1. The minimum absolute atomic E-state index is 0.0662. The number of hydrogen-bond donors (Lipinski definition) is 1. The molecule has 1 aromatic carbocycles. The predicted molar refractivity (Wildman–Crippen MR) is 96.3 cm³/mol. The van der Waals surface area contributed by atoms with Crippen LogP contribution in [0.15, 0.2) is 50.8 Å². The van der Waals surface area contributed by atoms with E-state index in [1.54, 1.807) is 0 Å². The van der Waals surface area contributed by atoms with Gasteiger partial charge in [0.25, 0.3) is 5.56 Å². The molecule has 0 aliphatic heterocycles. The fourth-order valence-corrected chi connectivity index (χ4v) is 3.46. The molecule has 0 bridgehead atoms. The van der Waals surface area contributed by atoms with Crippen molar-refractivity contribution in [2.45, 2.75) is 37.1 Å². The standard InChI is InChI=1S/C19H18F2N2O2S/c1-11(16-7-6-12(2)25-16)8-14-9-17(24)23-19(22-14)26-10-13-4-3-5-15(20)18(13)21/h3-7,9,11H,8,10H2,1-2H3,(H,22,23,24)/t11-/m1/s1. The number of H-pyrrole nitrogens is 1. The topological polar surface area (TPSA) is 58.9 Å². The Labute approximate surface area is 153 Å². The van der Waals surface area contributed by atoms with Gasteiger partial charge in [-0.05, 0) is 31.5 Å². The summed E-state index contributed by atoms with van der Waals surface area (Å²) in [5.74, 6) is 0.139. The number of benzene rings is 1. The molecule has 26 heavy (non-hydrogen) atoms. The van der Waals surface area contributed by atoms with Crippen molar-refractivity contribution in [3.8, 4) is 0 Å². The van der Waals surface area contributed by atoms with E-state index in [0.717, 1.165) is 29.3 Å². The number of furan rings is 1. The van der Waals surface area contributed by atoms with Crippen LogP contribution < -0.4 is 5.56 Å². The minimum Gasteiger partial charge on any atom is -0.466 e. The van der Waals surface area contributed by atoms with Crippen LogP contribution in [0.3, 0.4) is 0 Å². The van der Waals surface area contributed by atoms with Crippen molar-refractivity contribution in [1.29, 1.82) is 0 Å². The Morgan fingerprint density at radius 1 is 1.27 bits per heavy atom. The average molecular weight is 376 g/mol. The summed E-state index contributed by atoms with van der Waals surface area (Å²) in [7, 11) is 0. The van der Waals surface area contributed by atoms with E-state index < -0.39 is 11.6 Å². The van der Waals surface area contributed by atoms with Crippen LogP contribution in [0.2, 0.25) is 0 Å². The van der Waals surface area contributed by atoms with Crippen molar-refractivity contribution in [3.05, 3.63) is 81.2 Å². The fraction of sp³-hybridized carbons (Fsp3) is 0.263. The summed E-state index contributed by atoms with van der Waals surface area (Å²) in [6.45, 7) is 3.87. The highest BCUT2D eigenvalue weighted by Gasteiger charge is 2.14. The summed E-state index contributed by atoms with van der Waals surface area (Å²) < 4.78 is 32.6. The molecule has 0 unspecified atom stereocenters. The largest absolute Gasteiger partial charge is 0.466 e. The van der Waals surface area contributed by atoms with Gasteiger partial charge in [-0.15, -0.1) is 0 Å². The molecule has 1 N–H and O–H groups in total. The van der Waals surface area contributed by atoms with Gasteiger partial charge < -0.3 is 9.40 Å². The van der Waals surface area contributed by atoms with Crippen molar-refractivity contribution < 1.29 is 13.2 Å². The van der Waals surface area contributed by atoms with Gasteiger partial charge in [0.15, 0.2) is 16.8 Å². The molecular weight excluding hydrogens is 358 g/mol. The molecule has 0 amide bonds. The summed E-state index contributed by atoms with van der Waals surface area (Å²) in [5.41, 5.74) is 0.569. The highest BCUT2D eigenvalue weighted by molar-refractivity contribution is 7.98. The van der Waals surface area contributed by atoms with Crippen molar-refractivity contribution in [1.82, 2.24) is 9.97 Å². The number of nitrogens with zero attached hydrogens (tertiary/aromatic N) is 1. The first kappa shape index (κ1) is 18.4. The Balaban J connectivity index is 1.73. The molecule has 0 saturated carbocycles. The molecular formula is C19H18F2N2O2S. The number of aromatic amines is 1. The lowest BCUT2D eigenvalue weighted by Gasteiger charge is -2.09. The van der Waals surface area contributed by atoms with Gasteiger partial charge in [-0.3, -0.25) is 4.79 Å². The van der Waals surface area contributed by atoms with Crippen LogP contribution in [0.4, 0.5) is 8.78 Å². The first-order chi connectivity index (χ1) is 12.4. The van der Waals surface area contributed by atoms with Gasteiger partial charge >= 0.3 is 0 Å². The van der Waals surface area contributed by atoms with Crippen LogP contribution in [0.25, 0.3) is 0 Å². The van der Waals surface area contributed by atoms with Gasteiger partial charge in [0.2, 0.25) is 0 Å². The number of halogens is 2. The zero-order valence-corrected chi connectivity index (χ0v) is 15.2. The molecule has 2 heterocycles. The zero-order valence-electron chi connectivity index (χ0n) is 14.4. The molecule has 4 nitrogen and oxygen atoms in total. The highest BCUT2D eigenvalue weighted by atomic mass is 32.2. The molecule has 0 radical (unpaired) electrons. The molecule has 0 aliphatic rings. The summed E-state index contributed by atoms with van der Waals surface area (Å²) in [5, 5.41) is 0.374. The van der Waals surface area contributed by atoms with Crippen LogP contribution in [0.5, 0.6) is 0 Å². The number of nitrogens with one attached hydrogen (secondary N) is 1. The van der Waals surface area contributed by atoms with E-state index in [2.05, 4.69) is 9.97 Å². The second kappa shape index (κ2) is 7.86. The highest BCUT2D eigenvalue weighted by Crippen LogP contribution is 2.24. The number of thioether (sulfide) groups is 1. The van der Waals surface area contributed by atoms with E-state index >= 15 is 0 Å². The fourth-order valence-electron chi connectivity index (χ4n) is 2.60. The van der Waals surface area contributed by atoms with Gasteiger partial charge in [-0.1, -0.05) is 30.8 Å². The van der Waals surface area contributed by atoms with E-state index in [4.69, 9.17) is 4.42 Å². The Kier molecular flexibility index (Phi) is 5.56. The van der Waals surface area contributed by atoms with Gasteiger partial charge in [-0.2, -0.15) is 0 Å². The van der Waals surface area contributed by atoms with Crippen molar-refractivity contribution in [3.63, 3.8) is 0 Å². The van der Waals surface area contributed by atoms with Crippen LogP contribution >= 0.6 is 11.8 Å². The van der Waals surface area contributed by atoms with E-state index in [1.165, 1.54) is 18.2 Å². The van der Waals surface area contributed by atoms with Gasteiger partial charge in [-0.25, -0.2) is 13.8 Å². The van der Waals surface area contributed by atoms with Crippen molar-refractivity contribution in [2.24, 2.45) is 0 Å². The number of rotatable bonds is 6. The van der Waals surface area contributed by atoms with Crippen molar-refractivity contribution >= 4 is 11.8 Å². The maximum atomic E-state index is 13.7. The Bertz CT molecular complexity index is 968. The van der Waals surface area contributed by atoms with E-state index in [-0.39, 0.29) is 22.8 Å². The molecule has 0 saturated heterocycles. The Hall–Kier alpha value is -2.41. The van der Waals surface area contributed by atoms with Gasteiger partial charge in [0, 0.05) is 29.0 Å². The van der Waals surface area contributed by atoms with Crippen LogP contribution in [-0.2, 0) is 12.2 Å². The van der Waals surface area contributed by atoms with Crippen LogP contribution in [0, 0.1) is 18.6 Å². The first-order valence-electron chi connectivity index (χ1n) is 8.14. The van der Waals surface area contributed by atoms with Crippen LogP contribution in [0.1, 0.15) is 35.6 Å². The molecule has 0 aliphatic carbocycles. The predicted octanol–water partition coefficient (Wildman–Crippen LogP) is 4.59. The summed E-state index contributed by atoms with van der Waals surface area (Å²) in [6.07, 6.45) is 0.540. The lowest BCUT2D eigenvalue weighted by molar-refractivity contribution is 0.450. The third-order valence-corrected chi connectivity index (χ3v) is 4.85. The van der Waals surface area contributed by atoms with Gasteiger partial charge in [0.1, 0.15) is 11.5 Å². The smallest absolute Gasteiger partial charge is 0.251 e. The summed E-state index contributed by atoms with van der Waals surface area (Å²) in [6, 6.07) is 9.28. The summed E-state index contributed by atoms with van der Waals surface area (Å²) in [4.78, 5) is 18.9. The second-order valence-corrected chi connectivity index (χ2v) is 7.06. The monoisotopic (exact) mass is 376 g/mol. The summed E-state index contributed by atoms with van der Waals surface area (Å²) >= 11 is 1.15. The number of aromatic nitrogens is 2. The van der Waals surface area contributed by atoms with Crippen LogP contribution in [-0.4, -0.2) is 9.97 Å². The third-order valence-electron chi connectivity index (χ3n) is 3.93. The Morgan fingerprint density at radius 3 is 2.81 bits per heavy atom. The second-order valence-electron chi connectivity index (χ2n) is 6.10. The maximum Gasteiger partial charge on any atom is 0.251 e. The lowest BCUT2D eigenvalue weighted by Crippen LogP contribution is -2.12. The average Bonchev–Trinajstić information content (AvgIpc) is 3.02. The van der Waals surface area contributed by atoms with E-state index in [0.29, 0.717) is 17.3 Å². The maximum absolute atomic E-state index is 13.7. The SMILES string of the molecule is Cc1ccc([C@H](C)Cc2cc(=O)[nH]c(SCc3cccc(F)c3F)n2)o1.